The molecule has 0 saturated heterocycles. The van der Waals surface area contributed by atoms with E-state index < -0.39 is 16.4 Å². The lowest BCUT2D eigenvalue weighted by Gasteiger charge is -2.13. The van der Waals surface area contributed by atoms with Gasteiger partial charge in [-0.3, -0.25) is 10.1 Å². The highest BCUT2D eigenvalue weighted by atomic mass is 35.5. The molecule has 3 nitrogen and oxygen atoms in total. The molecule has 0 aliphatic rings. The van der Waals surface area contributed by atoms with Crippen LogP contribution < -0.4 is 0 Å². The molecule has 0 bridgehead atoms. The van der Waals surface area contributed by atoms with Crippen molar-refractivity contribution in [2.45, 2.75) is 0 Å². The lowest BCUT2D eigenvalue weighted by molar-refractivity contribution is -0.384. The van der Waals surface area contributed by atoms with Crippen molar-refractivity contribution in [2.75, 3.05) is 0 Å². The number of nitro groups is 1. The summed E-state index contributed by atoms with van der Waals surface area (Å²) < 4.78 is 13.4. The first-order valence-electron chi connectivity index (χ1n) is 5.21. The van der Waals surface area contributed by atoms with E-state index in [1.807, 2.05) is 0 Å². The lowest BCUT2D eigenvalue weighted by Crippen LogP contribution is -1.95. The molecule has 0 fully saturated rings. The van der Waals surface area contributed by atoms with Gasteiger partial charge in [0.2, 0.25) is 0 Å². The van der Waals surface area contributed by atoms with Gasteiger partial charge in [0.25, 0.3) is 5.69 Å². The molecule has 0 atom stereocenters. The quantitative estimate of drug-likeness (QED) is 0.249. The molecule has 0 N–H and O–H groups in total. The molecule has 9 heteroatoms. The maximum absolute atomic E-state index is 13.4. The molecule has 0 heterocycles. The van der Waals surface area contributed by atoms with Crippen LogP contribution in [-0.4, -0.2) is 4.92 Å². The Morgan fingerprint density at radius 3 is 1.86 bits per heavy atom. The molecule has 2 aromatic rings. The highest BCUT2D eigenvalue weighted by Gasteiger charge is 2.26. The van der Waals surface area contributed by atoms with Crippen molar-refractivity contribution in [1.82, 2.24) is 0 Å². The molecule has 0 aliphatic heterocycles. The second-order valence-corrected chi connectivity index (χ2v) is 5.75. The summed E-state index contributed by atoms with van der Waals surface area (Å²) in [6.07, 6.45) is 0. The monoisotopic (exact) mass is 387 g/mol. The number of nitro benzene ring substituents is 1. The van der Waals surface area contributed by atoms with Gasteiger partial charge in [-0.2, -0.15) is 0 Å². The average Bonchev–Trinajstić information content (AvgIpc) is 2.43. The molecule has 0 saturated carbocycles. The molecule has 21 heavy (non-hydrogen) atoms. The summed E-state index contributed by atoms with van der Waals surface area (Å²) in [4.78, 5) is 10.4. The summed E-state index contributed by atoms with van der Waals surface area (Å²) in [5.41, 5.74) is -0.589. The van der Waals surface area contributed by atoms with Crippen LogP contribution in [0, 0.1) is 15.9 Å². The van der Waals surface area contributed by atoms with Crippen molar-refractivity contribution in [3.8, 4) is 11.1 Å². The molecule has 0 spiro atoms. The van der Waals surface area contributed by atoms with Gasteiger partial charge in [-0.15, -0.1) is 0 Å². The number of benzene rings is 2. The predicted octanol–water partition coefficient (Wildman–Crippen LogP) is 6.67. The minimum Gasteiger partial charge on any atom is -0.258 e. The Morgan fingerprint density at radius 2 is 1.38 bits per heavy atom. The number of hydrogen-bond acceptors (Lipinski definition) is 2. The SMILES string of the molecule is O=[N+]([O-])c1ccc(F)cc1-c1c(Cl)c(Cl)c(Cl)c(Cl)c1Cl. The molecule has 0 aromatic heterocycles. The normalized spacial score (nSPS) is 10.8. The Balaban J connectivity index is 2.92. The summed E-state index contributed by atoms with van der Waals surface area (Å²) in [5.74, 6) is -0.704. The fourth-order valence-electron chi connectivity index (χ4n) is 1.71. The van der Waals surface area contributed by atoms with E-state index >= 15 is 0 Å². The van der Waals surface area contributed by atoms with E-state index in [0.29, 0.717) is 0 Å². The van der Waals surface area contributed by atoms with Crippen LogP contribution in [0.2, 0.25) is 25.1 Å². The molecule has 110 valence electrons. The predicted molar refractivity (Wildman–Crippen MR) is 83.5 cm³/mol. The highest BCUT2D eigenvalue weighted by Crippen LogP contribution is 2.49. The van der Waals surface area contributed by atoms with E-state index in [-0.39, 0.29) is 36.2 Å². The Hall–Kier alpha value is -0.780. The number of rotatable bonds is 2. The molecule has 0 amide bonds. The topological polar surface area (TPSA) is 43.1 Å². The maximum Gasteiger partial charge on any atom is 0.277 e. The van der Waals surface area contributed by atoms with Gasteiger partial charge >= 0.3 is 0 Å². The Kier molecular flexibility index (Phi) is 4.85. The van der Waals surface area contributed by atoms with Crippen molar-refractivity contribution in [1.29, 1.82) is 0 Å². The summed E-state index contributed by atoms with van der Waals surface area (Å²) >= 11 is 29.7. The molecule has 0 unspecified atom stereocenters. The third kappa shape index (κ3) is 2.91. The fourth-order valence-corrected chi connectivity index (χ4v) is 3.05. The second-order valence-electron chi connectivity index (χ2n) is 3.86. The number of nitrogens with zero attached hydrogens (tertiary/aromatic N) is 1. The van der Waals surface area contributed by atoms with Crippen LogP contribution in [0.3, 0.4) is 0 Å². The van der Waals surface area contributed by atoms with Gasteiger partial charge in [0.15, 0.2) is 0 Å². The maximum atomic E-state index is 13.4. The molecular formula is C12H3Cl5FNO2. The first kappa shape index (κ1) is 16.6. The Labute approximate surface area is 143 Å². The van der Waals surface area contributed by atoms with Gasteiger partial charge < -0.3 is 0 Å². The fraction of sp³-hybridized carbons (Fsp3) is 0. The average molecular weight is 389 g/mol. The summed E-state index contributed by atoms with van der Waals surface area (Å²) in [5, 5.41) is 10.4. The van der Waals surface area contributed by atoms with Crippen LogP contribution in [-0.2, 0) is 0 Å². The van der Waals surface area contributed by atoms with Crippen LogP contribution in [0.5, 0.6) is 0 Å². The van der Waals surface area contributed by atoms with Crippen molar-refractivity contribution >= 4 is 63.7 Å². The van der Waals surface area contributed by atoms with Gasteiger partial charge in [0.05, 0.1) is 35.6 Å². The largest absolute Gasteiger partial charge is 0.277 e. The molecule has 2 aromatic carbocycles. The molecular weight excluding hydrogens is 386 g/mol. The van der Waals surface area contributed by atoms with E-state index in [4.69, 9.17) is 58.0 Å². The van der Waals surface area contributed by atoms with Crippen molar-refractivity contribution < 1.29 is 9.31 Å². The summed E-state index contributed by atoms with van der Waals surface area (Å²) in [6, 6.07) is 2.86. The zero-order valence-electron chi connectivity index (χ0n) is 9.76. The van der Waals surface area contributed by atoms with Gasteiger partial charge in [-0.1, -0.05) is 58.0 Å². The van der Waals surface area contributed by atoms with Crippen LogP contribution in [0.4, 0.5) is 10.1 Å². The second kappa shape index (κ2) is 6.15. The molecule has 0 radical (unpaired) electrons. The smallest absolute Gasteiger partial charge is 0.258 e. The molecule has 2 rings (SSSR count). The summed E-state index contributed by atoms with van der Waals surface area (Å²) in [6.45, 7) is 0. The first-order valence-corrected chi connectivity index (χ1v) is 7.10. The first-order chi connectivity index (χ1) is 9.75. The number of halogens is 6. The van der Waals surface area contributed by atoms with Crippen LogP contribution >= 0.6 is 58.0 Å². The van der Waals surface area contributed by atoms with Gasteiger partial charge in [0.1, 0.15) is 5.82 Å². The van der Waals surface area contributed by atoms with Crippen molar-refractivity contribution in [2.24, 2.45) is 0 Å². The molecule has 0 aliphatic carbocycles. The number of hydrogen-bond donors (Lipinski definition) is 0. The Morgan fingerprint density at radius 1 is 0.905 bits per heavy atom. The minimum atomic E-state index is -0.704. The van der Waals surface area contributed by atoms with Gasteiger partial charge in [0, 0.05) is 11.6 Å². The van der Waals surface area contributed by atoms with Crippen molar-refractivity contribution in [3.05, 3.63) is 59.2 Å². The van der Waals surface area contributed by atoms with E-state index in [0.717, 1.165) is 18.2 Å². The standard InChI is InChI=1S/C12H3Cl5FNO2/c13-8-7(9(14)11(16)12(17)10(8)15)5-3-4(18)1-2-6(5)19(20)21/h1-3H. The Bertz CT molecular complexity index is 737. The third-order valence-electron chi connectivity index (χ3n) is 2.63. The van der Waals surface area contributed by atoms with Crippen molar-refractivity contribution in [3.63, 3.8) is 0 Å². The zero-order chi connectivity index (χ0) is 15.9. The summed E-state index contributed by atoms with van der Waals surface area (Å²) in [7, 11) is 0. The highest BCUT2D eigenvalue weighted by molar-refractivity contribution is 6.56. The van der Waals surface area contributed by atoms with E-state index in [2.05, 4.69) is 0 Å². The van der Waals surface area contributed by atoms with E-state index in [9.17, 15) is 14.5 Å². The van der Waals surface area contributed by atoms with Gasteiger partial charge in [-0.25, -0.2) is 4.39 Å². The van der Waals surface area contributed by atoms with Crippen LogP contribution in [0.25, 0.3) is 11.1 Å². The van der Waals surface area contributed by atoms with Crippen LogP contribution in [0.15, 0.2) is 18.2 Å². The lowest BCUT2D eigenvalue weighted by atomic mass is 10.0. The van der Waals surface area contributed by atoms with E-state index in [1.54, 1.807) is 0 Å². The minimum absolute atomic E-state index is 0.0519. The van der Waals surface area contributed by atoms with Gasteiger partial charge in [-0.05, 0) is 12.1 Å². The van der Waals surface area contributed by atoms with Crippen LogP contribution in [0.1, 0.15) is 0 Å². The zero-order valence-corrected chi connectivity index (χ0v) is 13.5. The van der Waals surface area contributed by atoms with E-state index in [1.165, 1.54) is 0 Å². The third-order valence-corrected chi connectivity index (χ3v) is 4.91.